The van der Waals surface area contributed by atoms with Gasteiger partial charge in [0.05, 0.1) is 4.90 Å². The average molecular weight is 444 g/mol. The van der Waals surface area contributed by atoms with Gasteiger partial charge in [0.15, 0.2) is 5.11 Å². The van der Waals surface area contributed by atoms with E-state index in [0.717, 1.165) is 24.3 Å². The van der Waals surface area contributed by atoms with Crippen molar-refractivity contribution in [1.29, 1.82) is 0 Å². The van der Waals surface area contributed by atoms with E-state index in [1.54, 1.807) is 54.2 Å². The number of halogens is 1. The summed E-state index contributed by atoms with van der Waals surface area (Å²) in [4.78, 5) is 0.149. The number of anilines is 2. The van der Waals surface area contributed by atoms with Gasteiger partial charge in [-0.3, -0.25) is 4.72 Å². The first-order valence-electron chi connectivity index (χ1n) is 8.24. The van der Waals surface area contributed by atoms with E-state index in [2.05, 4.69) is 21.6 Å². The predicted octanol–water partition coefficient (Wildman–Crippen LogP) is 4.49. The van der Waals surface area contributed by atoms with Crippen LogP contribution in [-0.2, 0) is 10.0 Å². The maximum atomic E-state index is 12.7. The molecule has 0 saturated carbocycles. The van der Waals surface area contributed by atoms with Gasteiger partial charge >= 0.3 is 0 Å². The number of thioether (sulfide) groups is 1. The van der Waals surface area contributed by atoms with Crippen LogP contribution in [0.1, 0.15) is 12.0 Å². The van der Waals surface area contributed by atoms with E-state index < -0.39 is 10.0 Å². The van der Waals surface area contributed by atoms with Crippen molar-refractivity contribution in [2.75, 3.05) is 28.6 Å². The van der Waals surface area contributed by atoms with Gasteiger partial charge in [-0.2, -0.15) is 11.8 Å². The molecular formula is C18H22ClN3O2S3. The first-order chi connectivity index (χ1) is 12.8. The second kappa shape index (κ2) is 10.2. The summed E-state index contributed by atoms with van der Waals surface area (Å²) in [5.41, 5.74) is 1.99. The highest BCUT2D eigenvalue weighted by molar-refractivity contribution is 7.98. The van der Waals surface area contributed by atoms with Gasteiger partial charge in [-0.15, -0.1) is 0 Å². The molecule has 0 aromatic heterocycles. The third kappa shape index (κ3) is 6.88. The molecule has 0 saturated heterocycles. The Morgan fingerprint density at radius 3 is 2.56 bits per heavy atom. The summed E-state index contributed by atoms with van der Waals surface area (Å²) in [6.07, 6.45) is 3.06. The molecule has 2 aromatic carbocycles. The Labute approximate surface area is 175 Å². The van der Waals surface area contributed by atoms with Crippen LogP contribution >= 0.6 is 35.6 Å². The second-order valence-electron chi connectivity index (χ2n) is 5.82. The molecule has 27 heavy (non-hydrogen) atoms. The van der Waals surface area contributed by atoms with Crippen LogP contribution in [0.5, 0.6) is 0 Å². The Balaban J connectivity index is 2.10. The molecule has 0 spiro atoms. The number of sulfonamides is 1. The quantitative estimate of drug-likeness (QED) is 0.412. The average Bonchev–Trinajstić information content (AvgIpc) is 2.62. The molecule has 0 radical (unpaired) electrons. The fraction of sp³-hybridized carbons (Fsp3) is 0.278. The minimum absolute atomic E-state index is 0.149. The fourth-order valence-electron chi connectivity index (χ4n) is 2.22. The standard InChI is InChI=1S/C18H22ClN3O2S3/c1-13-4-9-16(12-17(13)21-18(25)20-10-3-11-26-2)27(23,24)22-15-7-5-14(19)6-8-15/h4-9,12,22H,3,10-11H2,1-2H3,(H2,20,21,25). The molecule has 0 aliphatic heterocycles. The van der Waals surface area contributed by atoms with Crippen molar-refractivity contribution in [3.8, 4) is 0 Å². The minimum Gasteiger partial charge on any atom is -0.362 e. The lowest BCUT2D eigenvalue weighted by molar-refractivity contribution is 0.601. The van der Waals surface area contributed by atoms with Gasteiger partial charge in [0.2, 0.25) is 0 Å². The van der Waals surface area contributed by atoms with Gasteiger partial charge in [0.1, 0.15) is 0 Å². The summed E-state index contributed by atoms with van der Waals surface area (Å²) in [6.45, 7) is 2.66. The van der Waals surface area contributed by atoms with Crippen molar-refractivity contribution in [2.24, 2.45) is 0 Å². The Kier molecular flexibility index (Phi) is 8.22. The summed E-state index contributed by atoms with van der Waals surface area (Å²) in [5, 5.41) is 7.21. The highest BCUT2D eigenvalue weighted by Crippen LogP contribution is 2.23. The SMILES string of the molecule is CSCCCNC(=S)Nc1cc(S(=O)(=O)Nc2ccc(Cl)cc2)ccc1C. The molecule has 0 bridgehead atoms. The summed E-state index contributed by atoms with van der Waals surface area (Å²) in [5.74, 6) is 1.05. The lowest BCUT2D eigenvalue weighted by Crippen LogP contribution is -2.29. The van der Waals surface area contributed by atoms with Crippen LogP contribution in [0, 0.1) is 6.92 Å². The minimum atomic E-state index is -3.73. The van der Waals surface area contributed by atoms with Crippen LogP contribution in [0.4, 0.5) is 11.4 Å². The fourth-order valence-corrected chi connectivity index (χ4v) is 4.08. The van der Waals surface area contributed by atoms with Crippen molar-refractivity contribution >= 4 is 62.1 Å². The summed E-state index contributed by atoms with van der Waals surface area (Å²) >= 11 is 12.9. The Morgan fingerprint density at radius 2 is 1.89 bits per heavy atom. The molecule has 2 rings (SSSR count). The van der Waals surface area contributed by atoms with Crippen LogP contribution in [0.3, 0.4) is 0 Å². The zero-order chi connectivity index (χ0) is 19.9. The first kappa shape index (κ1) is 21.8. The van der Waals surface area contributed by atoms with E-state index in [-0.39, 0.29) is 4.90 Å². The van der Waals surface area contributed by atoms with Crippen LogP contribution < -0.4 is 15.4 Å². The summed E-state index contributed by atoms with van der Waals surface area (Å²) < 4.78 is 27.9. The van der Waals surface area contributed by atoms with Crippen molar-refractivity contribution in [2.45, 2.75) is 18.2 Å². The van der Waals surface area contributed by atoms with Crippen LogP contribution in [-0.4, -0.2) is 32.1 Å². The van der Waals surface area contributed by atoms with E-state index in [0.29, 0.717) is 21.5 Å². The molecule has 9 heteroatoms. The largest absolute Gasteiger partial charge is 0.362 e. The number of thiocarbonyl (C=S) groups is 1. The molecular weight excluding hydrogens is 422 g/mol. The van der Waals surface area contributed by atoms with Gasteiger partial charge in [-0.25, -0.2) is 8.42 Å². The van der Waals surface area contributed by atoms with Crippen LogP contribution in [0.2, 0.25) is 5.02 Å². The van der Waals surface area contributed by atoms with E-state index in [1.165, 1.54) is 0 Å². The van der Waals surface area contributed by atoms with Gasteiger partial charge in [0, 0.05) is 22.9 Å². The molecule has 0 unspecified atom stereocenters. The Hall–Kier alpha value is -1.48. The Bertz CT molecular complexity index is 887. The number of hydrogen-bond donors (Lipinski definition) is 3. The molecule has 0 heterocycles. The molecule has 5 nitrogen and oxygen atoms in total. The molecule has 0 aliphatic carbocycles. The number of nitrogens with one attached hydrogen (secondary N) is 3. The predicted molar refractivity (Wildman–Crippen MR) is 121 cm³/mol. The summed E-state index contributed by atoms with van der Waals surface area (Å²) in [6, 6.07) is 11.4. The van der Waals surface area contributed by atoms with Crippen LogP contribution in [0.15, 0.2) is 47.4 Å². The second-order valence-corrected chi connectivity index (χ2v) is 9.33. The van der Waals surface area contributed by atoms with Gasteiger partial charge in [-0.05, 0) is 79.5 Å². The third-order valence-corrected chi connectivity index (χ3v) is 6.25. The lowest BCUT2D eigenvalue weighted by atomic mass is 10.2. The van der Waals surface area contributed by atoms with Crippen LogP contribution in [0.25, 0.3) is 0 Å². The number of benzene rings is 2. The normalized spacial score (nSPS) is 11.1. The molecule has 0 atom stereocenters. The first-order valence-corrected chi connectivity index (χ1v) is 11.9. The zero-order valence-electron chi connectivity index (χ0n) is 15.1. The molecule has 0 amide bonds. The van der Waals surface area contributed by atoms with E-state index in [4.69, 9.17) is 23.8 Å². The maximum absolute atomic E-state index is 12.7. The van der Waals surface area contributed by atoms with Crippen molar-refractivity contribution < 1.29 is 8.42 Å². The summed E-state index contributed by atoms with van der Waals surface area (Å²) in [7, 11) is -3.73. The maximum Gasteiger partial charge on any atom is 0.261 e. The monoisotopic (exact) mass is 443 g/mol. The molecule has 146 valence electrons. The number of hydrogen-bond acceptors (Lipinski definition) is 4. The molecule has 3 N–H and O–H groups in total. The molecule has 0 aliphatic rings. The van der Waals surface area contributed by atoms with Crippen molar-refractivity contribution in [3.63, 3.8) is 0 Å². The number of rotatable bonds is 8. The van der Waals surface area contributed by atoms with E-state index in [1.807, 2.05) is 6.92 Å². The van der Waals surface area contributed by atoms with Gasteiger partial charge in [0.25, 0.3) is 10.0 Å². The van der Waals surface area contributed by atoms with Crippen molar-refractivity contribution in [1.82, 2.24) is 5.32 Å². The zero-order valence-corrected chi connectivity index (χ0v) is 18.3. The van der Waals surface area contributed by atoms with Crippen molar-refractivity contribution in [3.05, 3.63) is 53.1 Å². The molecule has 0 fully saturated rings. The Morgan fingerprint density at radius 1 is 1.19 bits per heavy atom. The van der Waals surface area contributed by atoms with E-state index >= 15 is 0 Å². The van der Waals surface area contributed by atoms with E-state index in [9.17, 15) is 8.42 Å². The third-order valence-electron chi connectivity index (χ3n) is 3.67. The van der Waals surface area contributed by atoms with Gasteiger partial charge in [-0.1, -0.05) is 17.7 Å². The highest BCUT2D eigenvalue weighted by Gasteiger charge is 2.16. The highest BCUT2D eigenvalue weighted by atomic mass is 35.5. The lowest BCUT2D eigenvalue weighted by Gasteiger charge is -2.14. The number of aryl methyl sites for hydroxylation is 1. The molecule has 2 aromatic rings. The van der Waals surface area contributed by atoms with Gasteiger partial charge < -0.3 is 10.6 Å². The smallest absolute Gasteiger partial charge is 0.261 e. The topological polar surface area (TPSA) is 70.2 Å².